The molecule has 0 unspecified atom stereocenters. The van der Waals surface area contributed by atoms with E-state index in [1.165, 1.54) is 0 Å². The molecule has 0 spiro atoms. The number of likely N-dealkylation sites (tertiary alicyclic amines) is 1. The van der Waals surface area contributed by atoms with E-state index in [1.807, 2.05) is 18.0 Å². The van der Waals surface area contributed by atoms with Gasteiger partial charge in [-0.05, 0) is 19.8 Å². The highest BCUT2D eigenvalue weighted by atomic mass is 35.5. The number of nitrogens with zero attached hydrogens (tertiary/aromatic N) is 4. The molecule has 2 aromatic rings. The standard InChI is InChI=1S/C15H20ClN5O/c1-3-5-21-9-12(16)13(19-21)15(22)20-6-4-11(8-20)14-17-7-10(2)18-14/h7,9,11H,3-6,8H2,1-2H3,(H,17,18)/t11-/m1/s1. The van der Waals surface area contributed by atoms with Crippen LogP contribution in [0, 0.1) is 6.92 Å². The number of carbonyl (C=O) groups is 1. The molecule has 1 amide bonds. The molecular formula is C15H20ClN5O. The van der Waals surface area contributed by atoms with Crippen LogP contribution >= 0.6 is 11.6 Å². The molecule has 1 aliphatic heterocycles. The first kappa shape index (κ1) is 15.1. The largest absolute Gasteiger partial charge is 0.346 e. The average Bonchev–Trinajstić information content (AvgIpc) is 3.18. The summed E-state index contributed by atoms with van der Waals surface area (Å²) in [6.07, 6.45) is 5.41. The third-order valence-corrected chi connectivity index (χ3v) is 4.23. The molecule has 2 aromatic heterocycles. The number of aryl methyl sites for hydroxylation is 2. The molecule has 1 aliphatic rings. The summed E-state index contributed by atoms with van der Waals surface area (Å²) in [6.45, 7) is 6.17. The first-order chi connectivity index (χ1) is 10.6. The third kappa shape index (κ3) is 2.88. The van der Waals surface area contributed by atoms with E-state index in [9.17, 15) is 4.79 Å². The van der Waals surface area contributed by atoms with E-state index in [0.717, 1.165) is 30.9 Å². The zero-order valence-corrected chi connectivity index (χ0v) is 13.6. The SMILES string of the molecule is CCCn1cc(Cl)c(C(=O)N2CC[C@@H](c3ncc(C)[nH]3)C2)n1. The van der Waals surface area contributed by atoms with Gasteiger partial charge in [0.15, 0.2) is 5.69 Å². The van der Waals surface area contributed by atoms with Gasteiger partial charge in [-0.3, -0.25) is 9.48 Å². The Labute approximate surface area is 134 Å². The van der Waals surface area contributed by atoms with Gasteiger partial charge < -0.3 is 9.88 Å². The van der Waals surface area contributed by atoms with Crippen LogP contribution in [0.3, 0.4) is 0 Å². The molecule has 1 saturated heterocycles. The lowest BCUT2D eigenvalue weighted by Crippen LogP contribution is -2.29. The highest BCUT2D eigenvalue weighted by molar-refractivity contribution is 6.33. The molecule has 0 saturated carbocycles. The van der Waals surface area contributed by atoms with Gasteiger partial charge in [-0.2, -0.15) is 5.10 Å². The lowest BCUT2D eigenvalue weighted by atomic mass is 10.1. The molecule has 3 heterocycles. The van der Waals surface area contributed by atoms with Crippen molar-refractivity contribution in [1.29, 1.82) is 0 Å². The lowest BCUT2D eigenvalue weighted by molar-refractivity contribution is 0.0784. The van der Waals surface area contributed by atoms with Crippen LogP contribution < -0.4 is 0 Å². The summed E-state index contributed by atoms with van der Waals surface area (Å²) in [4.78, 5) is 22.0. The number of imidazole rings is 1. The van der Waals surface area contributed by atoms with Gasteiger partial charge in [0.05, 0.1) is 5.02 Å². The van der Waals surface area contributed by atoms with Crippen LogP contribution in [0.2, 0.25) is 5.02 Å². The van der Waals surface area contributed by atoms with E-state index < -0.39 is 0 Å². The molecule has 0 aromatic carbocycles. The maximum Gasteiger partial charge on any atom is 0.275 e. The average molecular weight is 322 g/mol. The Hall–Kier alpha value is -1.82. The molecule has 1 fully saturated rings. The Bertz CT molecular complexity index is 677. The molecule has 6 nitrogen and oxygen atoms in total. The van der Waals surface area contributed by atoms with Gasteiger partial charge in [0.2, 0.25) is 0 Å². The molecule has 7 heteroatoms. The van der Waals surface area contributed by atoms with Crippen molar-refractivity contribution >= 4 is 17.5 Å². The van der Waals surface area contributed by atoms with Gasteiger partial charge in [-0.25, -0.2) is 4.98 Å². The number of aromatic nitrogens is 4. The van der Waals surface area contributed by atoms with Crippen LogP contribution in [-0.2, 0) is 6.54 Å². The highest BCUT2D eigenvalue weighted by Gasteiger charge is 2.31. The maximum atomic E-state index is 12.6. The lowest BCUT2D eigenvalue weighted by Gasteiger charge is -2.14. The number of H-pyrrole nitrogens is 1. The van der Waals surface area contributed by atoms with Crippen molar-refractivity contribution in [3.63, 3.8) is 0 Å². The summed E-state index contributed by atoms with van der Waals surface area (Å²) in [5, 5.41) is 4.74. The van der Waals surface area contributed by atoms with Crippen molar-refractivity contribution in [2.24, 2.45) is 0 Å². The number of nitrogens with one attached hydrogen (secondary N) is 1. The zero-order chi connectivity index (χ0) is 15.7. The fourth-order valence-corrected chi connectivity index (χ4v) is 3.08. The number of carbonyl (C=O) groups excluding carboxylic acids is 1. The van der Waals surface area contributed by atoms with E-state index in [2.05, 4.69) is 22.0 Å². The van der Waals surface area contributed by atoms with E-state index in [4.69, 9.17) is 11.6 Å². The summed E-state index contributed by atoms with van der Waals surface area (Å²) in [7, 11) is 0. The Morgan fingerprint density at radius 3 is 3.05 bits per heavy atom. The number of rotatable bonds is 4. The summed E-state index contributed by atoms with van der Waals surface area (Å²) in [5.41, 5.74) is 1.40. The Morgan fingerprint density at radius 2 is 2.36 bits per heavy atom. The van der Waals surface area contributed by atoms with Crippen molar-refractivity contribution in [2.45, 2.75) is 39.2 Å². The minimum atomic E-state index is -0.0920. The number of amides is 1. The zero-order valence-electron chi connectivity index (χ0n) is 12.8. The molecule has 0 radical (unpaired) electrons. The minimum absolute atomic E-state index is 0.0920. The van der Waals surface area contributed by atoms with E-state index in [0.29, 0.717) is 23.8 Å². The molecule has 3 rings (SSSR count). The van der Waals surface area contributed by atoms with Crippen LogP contribution in [0.4, 0.5) is 0 Å². The second kappa shape index (κ2) is 6.12. The molecule has 22 heavy (non-hydrogen) atoms. The number of hydrogen-bond acceptors (Lipinski definition) is 3. The summed E-state index contributed by atoms with van der Waals surface area (Å²) < 4.78 is 1.74. The van der Waals surface area contributed by atoms with Crippen molar-refractivity contribution in [2.75, 3.05) is 13.1 Å². The van der Waals surface area contributed by atoms with Crippen LogP contribution in [0.15, 0.2) is 12.4 Å². The number of aromatic amines is 1. The Kier molecular flexibility index (Phi) is 4.20. The Balaban J connectivity index is 1.71. The van der Waals surface area contributed by atoms with E-state index >= 15 is 0 Å². The molecule has 118 valence electrons. The summed E-state index contributed by atoms with van der Waals surface area (Å²) in [5.74, 6) is 1.12. The number of halogens is 1. The Morgan fingerprint density at radius 1 is 1.55 bits per heavy atom. The fourth-order valence-electron chi connectivity index (χ4n) is 2.84. The predicted molar refractivity (Wildman–Crippen MR) is 84.1 cm³/mol. The van der Waals surface area contributed by atoms with Gasteiger partial charge >= 0.3 is 0 Å². The van der Waals surface area contributed by atoms with Crippen LogP contribution in [0.1, 0.15) is 47.7 Å². The quantitative estimate of drug-likeness (QED) is 0.941. The summed E-state index contributed by atoms with van der Waals surface area (Å²) >= 11 is 6.16. The second-order valence-electron chi connectivity index (χ2n) is 5.78. The molecule has 1 N–H and O–H groups in total. The second-order valence-corrected chi connectivity index (χ2v) is 6.18. The first-order valence-electron chi connectivity index (χ1n) is 7.62. The van der Waals surface area contributed by atoms with Crippen molar-refractivity contribution in [3.05, 3.63) is 34.6 Å². The highest BCUT2D eigenvalue weighted by Crippen LogP contribution is 2.27. The monoisotopic (exact) mass is 321 g/mol. The topological polar surface area (TPSA) is 66.8 Å². The van der Waals surface area contributed by atoms with Crippen molar-refractivity contribution in [1.82, 2.24) is 24.6 Å². The normalized spacial score (nSPS) is 18.1. The smallest absolute Gasteiger partial charge is 0.275 e. The van der Waals surface area contributed by atoms with Gasteiger partial charge in [0, 0.05) is 43.6 Å². The summed E-state index contributed by atoms with van der Waals surface area (Å²) in [6, 6.07) is 0. The fraction of sp³-hybridized carbons (Fsp3) is 0.533. The van der Waals surface area contributed by atoms with Crippen LogP contribution in [-0.4, -0.2) is 43.6 Å². The number of hydrogen-bond donors (Lipinski definition) is 1. The third-order valence-electron chi connectivity index (χ3n) is 3.96. The first-order valence-corrected chi connectivity index (χ1v) is 8.00. The van der Waals surface area contributed by atoms with Gasteiger partial charge in [0.1, 0.15) is 5.82 Å². The van der Waals surface area contributed by atoms with Gasteiger partial charge in [0.25, 0.3) is 5.91 Å². The van der Waals surface area contributed by atoms with Crippen molar-refractivity contribution in [3.8, 4) is 0 Å². The maximum absolute atomic E-state index is 12.6. The van der Waals surface area contributed by atoms with Crippen LogP contribution in [0.25, 0.3) is 0 Å². The van der Waals surface area contributed by atoms with Crippen LogP contribution in [0.5, 0.6) is 0 Å². The molecule has 0 aliphatic carbocycles. The molecular weight excluding hydrogens is 302 g/mol. The van der Waals surface area contributed by atoms with E-state index in [1.54, 1.807) is 10.9 Å². The minimum Gasteiger partial charge on any atom is -0.346 e. The van der Waals surface area contributed by atoms with Gasteiger partial charge in [-0.15, -0.1) is 0 Å². The molecule has 1 atom stereocenters. The predicted octanol–water partition coefficient (Wildman–Crippen LogP) is 2.61. The van der Waals surface area contributed by atoms with Gasteiger partial charge in [-0.1, -0.05) is 18.5 Å². The van der Waals surface area contributed by atoms with E-state index in [-0.39, 0.29) is 11.8 Å². The van der Waals surface area contributed by atoms with Crippen molar-refractivity contribution < 1.29 is 4.79 Å². The molecule has 0 bridgehead atoms.